The van der Waals surface area contributed by atoms with Gasteiger partial charge >= 0.3 is 0 Å². The lowest BCUT2D eigenvalue weighted by Gasteiger charge is -2.08. The molecule has 0 amide bonds. The van der Waals surface area contributed by atoms with Crippen molar-refractivity contribution in [3.63, 3.8) is 0 Å². The van der Waals surface area contributed by atoms with Crippen LogP contribution in [0.15, 0.2) is 24.3 Å². The third-order valence-electron chi connectivity index (χ3n) is 3.36. The molecule has 0 saturated heterocycles. The molecular formula is C15H16IN3. The van der Waals surface area contributed by atoms with Gasteiger partial charge in [0.25, 0.3) is 0 Å². The summed E-state index contributed by atoms with van der Waals surface area (Å²) < 4.78 is 1.04. The fraction of sp³-hybridized carbons (Fsp3) is 0.333. The van der Waals surface area contributed by atoms with E-state index in [0.29, 0.717) is 11.7 Å². The second kappa shape index (κ2) is 5.07. The van der Waals surface area contributed by atoms with Crippen molar-refractivity contribution in [2.24, 2.45) is 0 Å². The number of rotatable bonds is 3. The van der Waals surface area contributed by atoms with Gasteiger partial charge < -0.3 is 5.73 Å². The Hall–Kier alpha value is -1.17. The van der Waals surface area contributed by atoms with Gasteiger partial charge in [0.05, 0.1) is 9.26 Å². The van der Waals surface area contributed by atoms with Gasteiger partial charge in [-0.25, -0.2) is 9.97 Å². The van der Waals surface area contributed by atoms with E-state index in [2.05, 4.69) is 58.8 Å². The Kier molecular flexibility index (Phi) is 3.43. The Balaban J connectivity index is 1.92. The molecule has 3 rings (SSSR count). The van der Waals surface area contributed by atoms with Crippen LogP contribution in [0.2, 0.25) is 0 Å². The largest absolute Gasteiger partial charge is 0.383 e. The number of hydrogen-bond donors (Lipinski definition) is 1. The molecule has 0 atom stereocenters. The second-order valence-corrected chi connectivity index (χ2v) is 6.24. The lowest BCUT2D eigenvalue weighted by atomic mass is 10.1. The minimum atomic E-state index is 0.605. The number of nitrogens with zero attached hydrogens (tertiary/aromatic N) is 2. The number of nitrogens with two attached hydrogens (primary N) is 1. The summed E-state index contributed by atoms with van der Waals surface area (Å²) in [5, 5.41) is 0. The highest BCUT2D eigenvalue weighted by molar-refractivity contribution is 14.1. The lowest BCUT2D eigenvalue weighted by molar-refractivity contribution is 0.894. The fourth-order valence-electron chi connectivity index (χ4n) is 2.24. The number of aromatic nitrogens is 2. The van der Waals surface area contributed by atoms with E-state index in [1.54, 1.807) is 0 Å². The van der Waals surface area contributed by atoms with E-state index in [-0.39, 0.29) is 0 Å². The van der Waals surface area contributed by atoms with Crippen LogP contribution in [0.4, 0.5) is 5.82 Å². The van der Waals surface area contributed by atoms with E-state index in [0.717, 1.165) is 21.5 Å². The summed E-state index contributed by atoms with van der Waals surface area (Å²) in [6.07, 6.45) is 3.22. The SMILES string of the molecule is Cc1cccc(Cc2nc(N)c(I)c(C3CC3)n2)c1. The van der Waals surface area contributed by atoms with Crippen LogP contribution in [0.1, 0.15) is 41.4 Å². The number of anilines is 1. The Morgan fingerprint density at radius 1 is 1.32 bits per heavy atom. The fourth-order valence-corrected chi connectivity index (χ4v) is 2.93. The van der Waals surface area contributed by atoms with Crippen molar-refractivity contribution in [3.05, 3.63) is 50.5 Å². The molecule has 0 unspecified atom stereocenters. The van der Waals surface area contributed by atoms with Gasteiger partial charge in [0, 0.05) is 12.3 Å². The first-order valence-electron chi connectivity index (χ1n) is 6.51. The van der Waals surface area contributed by atoms with Gasteiger partial charge in [0.2, 0.25) is 0 Å². The third kappa shape index (κ3) is 2.88. The molecule has 19 heavy (non-hydrogen) atoms. The van der Waals surface area contributed by atoms with Crippen molar-refractivity contribution in [1.82, 2.24) is 9.97 Å². The van der Waals surface area contributed by atoms with Crippen LogP contribution in [0.5, 0.6) is 0 Å². The predicted octanol–water partition coefficient (Wildman–Crippen LogP) is 3.44. The van der Waals surface area contributed by atoms with Gasteiger partial charge in [0.15, 0.2) is 0 Å². The number of halogens is 1. The van der Waals surface area contributed by atoms with E-state index >= 15 is 0 Å². The van der Waals surface area contributed by atoms with E-state index in [1.807, 2.05) is 0 Å². The van der Waals surface area contributed by atoms with Gasteiger partial charge in [-0.15, -0.1) is 0 Å². The van der Waals surface area contributed by atoms with Crippen molar-refractivity contribution in [3.8, 4) is 0 Å². The molecule has 2 N–H and O–H groups in total. The summed E-state index contributed by atoms with van der Waals surface area (Å²) >= 11 is 2.26. The number of nitrogen functional groups attached to an aromatic ring is 1. The second-order valence-electron chi connectivity index (χ2n) is 5.16. The molecular weight excluding hydrogens is 349 g/mol. The summed E-state index contributed by atoms with van der Waals surface area (Å²) in [5.74, 6) is 2.07. The maximum absolute atomic E-state index is 6.01. The van der Waals surface area contributed by atoms with Crippen LogP contribution in [0, 0.1) is 10.5 Å². The molecule has 0 radical (unpaired) electrons. The minimum Gasteiger partial charge on any atom is -0.383 e. The third-order valence-corrected chi connectivity index (χ3v) is 4.46. The highest BCUT2D eigenvalue weighted by Gasteiger charge is 2.28. The molecule has 0 bridgehead atoms. The van der Waals surface area contributed by atoms with E-state index in [4.69, 9.17) is 10.7 Å². The molecule has 0 aliphatic heterocycles. The maximum atomic E-state index is 6.01. The molecule has 1 fully saturated rings. The molecule has 1 heterocycles. The van der Waals surface area contributed by atoms with Crippen molar-refractivity contribution in [2.45, 2.75) is 32.1 Å². The van der Waals surface area contributed by atoms with Crippen LogP contribution in [-0.4, -0.2) is 9.97 Å². The number of aryl methyl sites for hydroxylation is 1. The molecule has 1 aromatic carbocycles. The zero-order chi connectivity index (χ0) is 13.4. The topological polar surface area (TPSA) is 51.8 Å². The zero-order valence-corrected chi connectivity index (χ0v) is 13.0. The monoisotopic (exact) mass is 365 g/mol. The highest BCUT2D eigenvalue weighted by atomic mass is 127. The quantitative estimate of drug-likeness (QED) is 0.848. The molecule has 1 aliphatic carbocycles. The molecule has 98 valence electrons. The maximum Gasteiger partial charge on any atom is 0.140 e. The average molecular weight is 365 g/mol. The van der Waals surface area contributed by atoms with E-state index in [1.165, 1.54) is 24.0 Å². The summed E-state index contributed by atoms with van der Waals surface area (Å²) in [7, 11) is 0. The van der Waals surface area contributed by atoms with Gasteiger partial charge in [-0.3, -0.25) is 0 Å². The van der Waals surface area contributed by atoms with Crippen molar-refractivity contribution in [2.75, 3.05) is 5.73 Å². The molecule has 0 spiro atoms. The highest BCUT2D eigenvalue weighted by Crippen LogP contribution is 2.41. The van der Waals surface area contributed by atoms with Crippen LogP contribution in [-0.2, 0) is 6.42 Å². The number of benzene rings is 1. The van der Waals surface area contributed by atoms with Gasteiger partial charge in [-0.2, -0.15) is 0 Å². The van der Waals surface area contributed by atoms with E-state index < -0.39 is 0 Å². The van der Waals surface area contributed by atoms with Crippen LogP contribution in [0.25, 0.3) is 0 Å². The number of hydrogen-bond acceptors (Lipinski definition) is 3. The van der Waals surface area contributed by atoms with Gasteiger partial charge in [-0.1, -0.05) is 29.8 Å². The van der Waals surface area contributed by atoms with Gasteiger partial charge in [0.1, 0.15) is 11.6 Å². The standard InChI is InChI=1S/C15H16IN3/c1-9-3-2-4-10(7-9)8-12-18-14(11-5-6-11)13(16)15(17)19-12/h2-4,7,11H,5-6,8H2,1H3,(H2,17,18,19). The average Bonchev–Trinajstić information content (AvgIpc) is 3.18. The van der Waals surface area contributed by atoms with E-state index in [9.17, 15) is 0 Å². The predicted molar refractivity (Wildman–Crippen MR) is 85.1 cm³/mol. The molecule has 3 nitrogen and oxygen atoms in total. The summed E-state index contributed by atoms with van der Waals surface area (Å²) in [6, 6.07) is 8.46. The molecule has 1 aliphatic rings. The van der Waals surface area contributed by atoms with Crippen molar-refractivity contribution in [1.29, 1.82) is 0 Å². The first kappa shape index (κ1) is 12.8. The normalized spacial score (nSPS) is 14.6. The molecule has 4 heteroatoms. The molecule has 1 saturated carbocycles. The molecule has 1 aromatic heterocycles. The first-order chi connectivity index (χ1) is 9.13. The van der Waals surface area contributed by atoms with Crippen LogP contribution in [0.3, 0.4) is 0 Å². The lowest BCUT2D eigenvalue weighted by Crippen LogP contribution is -2.07. The molecule has 2 aromatic rings. The Morgan fingerprint density at radius 2 is 2.11 bits per heavy atom. The Labute approximate surface area is 126 Å². The summed E-state index contributed by atoms with van der Waals surface area (Å²) in [5.41, 5.74) is 9.66. The Bertz CT molecular complexity index is 621. The van der Waals surface area contributed by atoms with Gasteiger partial charge in [-0.05, 0) is 47.9 Å². The first-order valence-corrected chi connectivity index (χ1v) is 7.58. The summed E-state index contributed by atoms with van der Waals surface area (Å²) in [6.45, 7) is 2.10. The minimum absolute atomic E-state index is 0.605. The Morgan fingerprint density at radius 3 is 2.79 bits per heavy atom. The smallest absolute Gasteiger partial charge is 0.140 e. The van der Waals surface area contributed by atoms with Crippen molar-refractivity contribution < 1.29 is 0 Å². The zero-order valence-electron chi connectivity index (χ0n) is 10.9. The van der Waals surface area contributed by atoms with Crippen LogP contribution < -0.4 is 5.73 Å². The van der Waals surface area contributed by atoms with Crippen LogP contribution >= 0.6 is 22.6 Å². The summed E-state index contributed by atoms with van der Waals surface area (Å²) in [4.78, 5) is 9.15. The van der Waals surface area contributed by atoms with Crippen molar-refractivity contribution >= 4 is 28.4 Å².